The van der Waals surface area contributed by atoms with E-state index < -0.39 is 23.8 Å². The molecule has 3 heterocycles. The number of rotatable bonds is 6. The summed E-state index contributed by atoms with van der Waals surface area (Å²) in [6.45, 7) is 5.92. The minimum absolute atomic E-state index is 0.184. The normalized spacial score (nSPS) is 21.6. The second-order valence-electron chi connectivity index (χ2n) is 8.81. The van der Waals surface area contributed by atoms with Crippen molar-refractivity contribution in [3.05, 3.63) is 53.6 Å². The summed E-state index contributed by atoms with van der Waals surface area (Å²) >= 11 is 0. The number of fused-ring (bicyclic) bond motifs is 1. The third-order valence-corrected chi connectivity index (χ3v) is 6.61. The molecule has 0 radical (unpaired) electrons. The number of ether oxygens (including phenoxy) is 4. The fourth-order valence-corrected chi connectivity index (χ4v) is 4.77. The molecule has 1 N–H and O–H groups in total. The first kappa shape index (κ1) is 23.9. The zero-order chi connectivity index (χ0) is 25.1. The van der Waals surface area contributed by atoms with Gasteiger partial charge in [0.2, 0.25) is 18.7 Å². The third kappa shape index (κ3) is 4.81. The number of guanidine groups is 1. The highest BCUT2D eigenvalue weighted by Gasteiger charge is 2.43. The number of piperazine rings is 1. The highest BCUT2D eigenvalue weighted by atomic mass is 16.7. The van der Waals surface area contributed by atoms with Crippen molar-refractivity contribution in [1.29, 1.82) is 0 Å². The van der Waals surface area contributed by atoms with E-state index >= 15 is 0 Å². The number of nitrogens with one attached hydrogen (secondary N) is 1. The van der Waals surface area contributed by atoms with E-state index in [9.17, 15) is 9.59 Å². The zero-order valence-corrected chi connectivity index (χ0v) is 20.4. The Kier molecular flexibility index (Phi) is 6.95. The lowest BCUT2D eigenvalue weighted by Gasteiger charge is -2.39. The summed E-state index contributed by atoms with van der Waals surface area (Å²) in [5, 5.41) is 2.85. The predicted molar refractivity (Wildman–Crippen MR) is 131 cm³/mol. The molecule has 0 spiro atoms. The van der Waals surface area contributed by atoms with E-state index in [1.165, 1.54) is 0 Å². The molecular formula is C26H30N4O6. The summed E-state index contributed by atoms with van der Waals surface area (Å²) < 4.78 is 21.6. The number of esters is 1. The van der Waals surface area contributed by atoms with Gasteiger partial charge in [-0.25, -0.2) is 4.99 Å². The van der Waals surface area contributed by atoms with Crippen molar-refractivity contribution < 1.29 is 28.5 Å². The van der Waals surface area contributed by atoms with Crippen molar-refractivity contribution in [3.8, 4) is 17.2 Å². The van der Waals surface area contributed by atoms with E-state index in [1.807, 2.05) is 30.3 Å². The van der Waals surface area contributed by atoms with Crippen LogP contribution in [0.4, 0.5) is 0 Å². The van der Waals surface area contributed by atoms with Crippen molar-refractivity contribution in [2.24, 2.45) is 10.9 Å². The lowest BCUT2D eigenvalue weighted by molar-refractivity contribution is -0.153. The summed E-state index contributed by atoms with van der Waals surface area (Å²) in [4.78, 5) is 35.1. The van der Waals surface area contributed by atoms with Crippen LogP contribution in [-0.4, -0.2) is 74.3 Å². The lowest BCUT2D eigenvalue weighted by Crippen LogP contribution is -2.57. The monoisotopic (exact) mass is 494 g/mol. The fraction of sp³-hybridized carbons (Fsp3) is 0.423. The Hall–Kier alpha value is -3.79. The highest BCUT2D eigenvalue weighted by molar-refractivity contribution is 6.08. The molecular weight excluding hydrogens is 464 g/mol. The molecule has 3 aliphatic rings. The quantitative estimate of drug-likeness (QED) is 0.480. The molecule has 10 nitrogen and oxygen atoms in total. The van der Waals surface area contributed by atoms with Crippen molar-refractivity contribution in [2.75, 3.05) is 46.7 Å². The van der Waals surface area contributed by atoms with Gasteiger partial charge in [0.15, 0.2) is 17.4 Å². The largest absolute Gasteiger partial charge is 0.496 e. The van der Waals surface area contributed by atoms with E-state index in [4.69, 9.17) is 23.9 Å². The van der Waals surface area contributed by atoms with Crippen LogP contribution in [0.5, 0.6) is 17.2 Å². The van der Waals surface area contributed by atoms with E-state index in [0.29, 0.717) is 30.4 Å². The van der Waals surface area contributed by atoms with Gasteiger partial charge < -0.3 is 23.8 Å². The van der Waals surface area contributed by atoms with Crippen LogP contribution in [0.15, 0.2) is 47.5 Å². The van der Waals surface area contributed by atoms with E-state index in [2.05, 4.69) is 21.2 Å². The fourth-order valence-electron chi connectivity index (χ4n) is 4.77. The number of methoxy groups -OCH3 is 1. The van der Waals surface area contributed by atoms with E-state index in [-0.39, 0.29) is 13.4 Å². The van der Waals surface area contributed by atoms with Gasteiger partial charge in [0.25, 0.3) is 0 Å². The summed E-state index contributed by atoms with van der Waals surface area (Å²) in [5.41, 5.74) is 1.83. The molecule has 190 valence electrons. The molecule has 5 rings (SSSR count). The number of carbonyl (C=O) groups is 2. The maximum Gasteiger partial charge on any atom is 0.321 e. The second kappa shape index (κ2) is 10.4. The topological polar surface area (TPSA) is 102 Å². The number of nitrogens with zero attached hydrogens (tertiary/aromatic N) is 3. The summed E-state index contributed by atoms with van der Waals surface area (Å²) in [5.74, 6) is 0.503. The zero-order valence-electron chi connectivity index (χ0n) is 20.4. The Labute approximate surface area is 209 Å². The van der Waals surface area contributed by atoms with Gasteiger partial charge in [-0.3, -0.25) is 19.8 Å². The number of hydrogen-bond donors (Lipinski definition) is 1. The summed E-state index contributed by atoms with van der Waals surface area (Å²) in [6, 6.07) is 12.6. The van der Waals surface area contributed by atoms with Crippen LogP contribution < -0.4 is 19.5 Å². The van der Waals surface area contributed by atoms with Crippen LogP contribution in [0, 0.1) is 5.92 Å². The van der Waals surface area contributed by atoms with Gasteiger partial charge in [0.05, 0.1) is 13.7 Å². The Morgan fingerprint density at radius 1 is 1.11 bits per heavy atom. The van der Waals surface area contributed by atoms with Gasteiger partial charge >= 0.3 is 5.97 Å². The van der Waals surface area contributed by atoms with Crippen LogP contribution >= 0.6 is 0 Å². The summed E-state index contributed by atoms with van der Waals surface area (Å²) in [7, 11) is 1.56. The number of benzene rings is 2. The molecule has 0 bridgehead atoms. The number of hydrogen-bond acceptors (Lipinski definition) is 9. The van der Waals surface area contributed by atoms with Crippen molar-refractivity contribution in [1.82, 2.24) is 15.1 Å². The number of para-hydroxylation sites is 1. The van der Waals surface area contributed by atoms with Gasteiger partial charge in [-0.1, -0.05) is 24.3 Å². The molecule has 0 saturated carbocycles. The molecule has 3 aliphatic heterocycles. The molecule has 1 saturated heterocycles. The molecule has 1 fully saturated rings. The first-order valence-corrected chi connectivity index (χ1v) is 12.1. The maximum absolute atomic E-state index is 13.2. The molecule has 2 atom stereocenters. The van der Waals surface area contributed by atoms with Crippen LogP contribution in [0.25, 0.3) is 0 Å². The highest BCUT2D eigenvalue weighted by Crippen LogP contribution is 2.36. The van der Waals surface area contributed by atoms with Gasteiger partial charge in [0.1, 0.15) is 11.8 Å². The summed E-state index contributed by atoms with van der Waals surface area (Å²) in [6.07, 6.45) is 0. The van der Waals surface area contributed by atoms with E-state index in [1.54, 1.807) is 20.1 Å². The van der Waals surface area contributed by atoms with Gasteiger partial charge in [-0.2, -0.15) is 0 Å². The number of carbonyl (C=O) groups excluding carboxylic acids is 2. The lowest BCUT2D eigenvalue weighted by atomic mass is 9.90. The Morgan fingerprint density at radius 2 is 1.89 bits per heavy atom. The van der Waals surface area contributed by atoms with Crippen LogP contribution in [0.2, 0.25) is 0 Å². The van der Waals surface area contributed by atoms with Crippen LogP contribution in [0.1, 0.15) is 24.1 Å². The minimum atomic E-state index is -1.09. The molecule has 2 aromatic rings. The number of aliphatic imine (C=N–C) groups is 1. The average molecular weight is 495 g/mol. The first-order valence-electron chi connectivity index (χ1n) is 12.1. The third-order valence-electron chi connectivity index (χ3n) is 6.61. The average Bonchev–Trinajstić information content (AvgIpc) is 3.37. The van der Waals surface area contributed by atoms with Gasteiger partial charge in [-0.15, -0.1) is 0 Å². The van der Waals surface area contributed by atoms with Crippen molar-refractivity contribution in [3.63, 3.8) is 0 Å². The van der Waals surface area contributed by atoms with Crippen LogP contribution in [0.3, 0.4) is 0 Å². The SMILES string of the molecule is CCOC(=O)[C@H]1C(=O)NC(N2CCN(Cc3ccc4c(c3)OCO4)CC2)=N[C@@H]1c1ccccc1OC. The maximum atomic E-state index is 13.2. The molecule has 1 amide bonds. The minimum Gasteiger partial charge on any atom is -0.496 e. The Balaban J connectivity index is 1.32. The molecule has 0 aromatic heterocycles. The molecule has 2 aromatic carbocycles. The first-order chi connectivity index (χ1) is 17.6. The molecule has 36 heavy (non-hydrogen) atoms. The van der Waals surface area contributed by atoms with E-state index in [0.717, 1.165) is 36.7 Å². The number of amides is 1. The Bertz CT molecular complexity index is 1160. The molecule has 0 aliphatic carbocycles. The van der Waals surface area contributed by atoms with Crippen molar-refractivity contribution >= 4 is 17.8 Å². The Morgan fingerprint density at radius 3 is 2.67 bits per heavy atom. The van der Waals surface area contributed by atoms with Crippen LogP contribution in [-0.2, 0) is 20.9 Å². The van der Waals surface area contributed by atoms with Crippen molar-refractivity contribution in [2.45, 2.75) is 19.5 Å². The second-order valence-corrected chi connectivity index (χ2v) is 8.81. The smallest absolute Gasteiger partial charge is 0.321 e. The molecule has 10 heteroatoms. The predicted octanol–water partition coefficient (Wildman–Crippen LogP) is 1.95. The standard InChI is InChI=1S/C26H30N4O6/c1-3-34-25(32)22-23(18-6-4-5-7-19(18)33-2)27-26(28-24(22)31)30-12-10-29(11-13-30)15-17-8-9-20-21(14-17)36-16-35-20/h4-9,14,22-23H,3,10-13,15-16H2,1-2H3,(H,27,28,31)/t22-,23-/m1/s1. The van der Waals surface area contributed by atoms with Gasteiger partial charge in [-0.05, 0) is 30.7 Å². The molecule has 0 unspecified atom stereocenters. The van der Waals surface area contributed by atoms with Gasteiger partial charge in [0, 0.05) is 38.3 Å².